The fourth-order valence-corrected chi connectivity index (χ4v) is 3.59. The van der Waals surface area contributed by atoms with Crippen LogP contribution in [0.1, 0.15) is 19.8 Å². The molecule has 4 nitrogen and oxygen atoms in total. The molecule has 0 saturated carbocycles. The molecule has 1 heterocycles. The van der Waals surface area contributed by atoms with Crippen LogP contribution in [-0.4, -0.2) is 32.8 Å². The summed E-state index contributed by atoms with van der Waals surface area (Å²) in [5.41, 5.74) is 0.598. The first-order valence-corrected chi connectivity index (χ1v) is 8.22. The van der Waals surface area contributed by atoms with Gasteiger partial charge in [0.25, 0.3) is 0 Å². The third kappa shape index (κ3) is 4.18. The number of para-hydroxylation sites is 1. The maximum Gasteiger partial charge on any atom is 0.241 e. The number of anilines is 1. The molecule has 1 N–H and O–H groups in total. The van der Waals surface area contributed by atoms with Gasteiger partial charge in [-0.05, 0) is 25.5 Å². The van der Waals surface area contributed by atoms with Gasteiger partial charge >= 0.3 is 0 Å². The van der Waals surface area contributed by atoms with E-state index in [0.717, 1.165) is 0 Å². The van der Waals surface area contributed by atoms with E-state index in [0.29, 0.717) is 34.4 Å². The van der Waals surface area contributed by atoms with E-state index in [1.807, 2.05) is 6.92 Å². The number of nitrogens with one attached hydrogen (secondary N) is 1. The van der Waals surface area contributed by atoms with Crippen LogP contribution in [0.5, 0.6) is 0 Å². The Labute approximate surface area is 138 Å². The monoisotopic (exact) mass is 342 g/mol. The molecule has 1 aromatic carbocycles. The van der Waals surface area contributed by atoms with E-state index in [9.17, 15) is 9.59 Å². The topological polar surface area (TPSA) is 49.4 Å². The van der Waals surface area contributed by atoms with E-state index in [-0.39, 0.29) is 17.1 Å². The third-order valence-electron chi connectivity index (χ3n) is 3.05. The second-order valence-electron chi connectivity index (χ2n) is 4.65. The van der Waals surface area contributed by atoms with Gasteiger partial charge in [-0.2, -0.15) is 0 Å². The van der Waals surface area contributed by atoms with Crippen molar-refractivity contribution >= 4 is 57.4 Å². The van der Waals surface area contributed by atoms with Gasteiger partial charge in [-0.3, -0.25) is 14.5 Å². The summed E-state index contributed by atoms with van der Waals surface area (Å²) in [6.45, 7) is 2.31. The first-order valence-electron chi connectivity index (χ1n) is 6.55. The second kappa shape index (κ2) is 7.24. The number of rotatable bonds is 5. The molecule has 1 atom stereocenters. The van der Waals surface area contributed by atoms with Crippen LogP contribution in [0.3, 0.4) is 0 Å². The summed E-state index contributed by atoms with van der Waals surface area (Å²) in [7, 11) is 0. The Morgan fingerprint density at radius 3 is 2.81 bits per heavy atom. The van der Waals surface area contributed by atoms with Gasteiger partial charge in [-0.1, -0.05) is 47.7 Å². The predicted molar refractivity (Wildman–Crippen MR) is 90.7 cm³/mol. The summed E-state index contributed by atoms with van der Waals surface area (Å²) in [6, 6.07) is 7.08. The molecule has 0 aliphatic carbocycles. The Kier molecular flexibility index (Phi) is 5.61. The van der Waals surface area contributed by atoms with Gasteiger partial charge in [0.15, 0.2) is 0 Å². The second-order valence-corrected chi connectivity index (χ2v) is 7.03. The number of amides is 2. The van der Waals surface area contributed by atoms with Gasteiger partial charge < -0.3 is 5.32 Å². The maximum atomic E-state index is 11.9. The van der Waals surface area contributed by atoms with Crippen molar-refractivity contribution in [1.29, 1.82) is 0 Å². The van der Waals surface area contributed by atoms with Gasteiger partial charge in [-0.25, -0.2) is 0 Å². The average molecular weight is 343 g/mol. The number of benzene rings is 1. The Balaban J connectivity index is 1.79. The molecule has 0 spiro atoms. The number of carbonyl (C=O) groups is 2. The molecule has 2 rings (SSSR count). The molecule has 2 amide bonds. The molecule has 1 aliphatic rings. The predicted octanol–water partition coefficient (Wildman–Crippen LogP) is 3.31. The van der Waals surface area contributed by atoms with E-state index in [2.05, 4.69) is 5.32 Å². The van der Waals surface area contributed by atoms with Crippen LogP contribution in [-0.2, 0) is 9.59 Å². The first-order chi connectivity index (χ1) is 9.99. The summed E-state index contributed by atoms with van der Waals surface area (Å²) in [6.07, 6.45) is 0.881. The zero-order valence-electron chi connectivity index (χ0n) is 11.5. The molecule has 1 saturated heterocycles. The molecule has 0 aromatic heterocycles. The summed E-state index contributed by atoms with van der Waals surface area (Å²) >= 11 is 12.5. The molecule has 1 unspecified atom stereocenters. The van der Waals surface area contributed by atoms with E-state index in [1.54, 1.807) is 29.2 Å². The zero-order valence-corrected chi connectivity index (χ0v) is 13.9. The summed E-state index contributed by atoms with van der Waals surface area (Å²) in [5.74, 6) is -0.0992. The lowest BCUT2D eigenvalue weighted by molar-refractivity contribution is -0.126. The highest BCUT2D eigenvalue weighted by Gasteiger charge is 2.33. The van der Waals surface area contributed by atoms with Crippen LogP contribution >= 0.6 is 35.6 Å². The third-order valence-corrected chi connectivity index (χ3v) is 4.86. The van der Waals surface area contributed by atoms with Gasteiger partial charge in [0, 0.05) is 13.0 Å². The number of nitrogens with zero attached hydrogens (tertiary/aromatic N) is 1. The van der Waals surface area contributed by atoms with Crippen molar-refractivity contribution in [2.24, 2.45) is 0 Å². The number of thioether (sulfide) groups is 1. The lowest BCUT2D eigenvalue weighted by Crippen LogP contribution is -2.32. The largest absolute Gasteiger partial charge is 0.325 e. The molecule has 1 aliphatic heterocycles. The summed E-state index contributed by atoms with van der Waals surface area (Å²) < 4.78 is 0.596. The van der Waals surface area contributed by atoms with Crippen LogP contribution in [0, 0.1) is 0 Å². The zero-order chi connectivity index (χ0) is 15.4. The summed E-state index contributed by atoms with van der Waals surface area (Å²) in [4.78, 5) is 25.3. The standard InChI is InChI=1S/C14H15ClN2O2S2/c1-9-13(19)17(14(20)21-9)8-4-7-12(18)16-11-6-3-2-5-10(11)15/h2-3,5-6,9H,4,7-8H2,1H3,(H,16,18). The lowest BCUT2D eigenvalue weighted by atomic mass is 10.2. The number of hydrogen-bond donors (Lipinski definition) is 1. The van der Waals surface area contributed by atoms with Crippen LogP contribution < -0.4 is 5.32 Å². The quantitative estimate of drug-likeness (QED) is 0.834. The molecule has 1 aromatic rings. The van der Waals surface area contributed by atoms with E-state index < -0.39 is 0 Å². The Morgan fingerprint density at radius 2 is 2.19 bits per heavy atom. The van der Waals surface area contributed by atoms with E-state index >= 15 is 0 Å². The van der Waals surface area contributed by atoms with Gasteiger partial charge in [0.05, 0.1) is 16.0 Å². The fraction of sp³-hybridized carbons (Fsp3) is 0.357. The maximum absolute atomic E-state index is 11.9. The number of carbonyl (C=O) groups excluding carboxylic acids is 2. The highest BCUT2D eigenvalue weighted by molar-refractivity contribution is 8.24. The SMILES string of the molecule is CC1SC(=S)N(CCCC(=O)Nc2ccccc2Cl)C1=O. The van der Waals surface area contributed by atoms with Crippen LogP contribution in [0.25, 0.3) is 0 Å². The fourth-order valence-electron chi connectivity index (χ4n) is 1.95. The van der Waals surface area contributed by atoms with Crippen LogP contribution in [0.2, 0.25) is 5.02 Å². The van der Waals surface area contributed by atoms with Crippen LogP contribution in [0.15, 0.2) is 24.3 Å². The molecule has 0 radical (unpaired) electrons. The number of halogens is 1. The van der Waals surface area contributed by atoms with Crippen LogP contribution in [0.4, 0.5) is 5.69 Å². The van der Waals surface area contributed by atoms with Crippen molar-refractivity contribution in [2.75, 3.05) is 11.9 Å². The minimum atomic E-state index is -0.124. The van der Waals surface area contributed by atoms with Crippen molar-refractivity contribution in [3.05, 3.63) is 29.3 Å². The van der Waals surface area contributed by atoms with Crippen molar-refractivity contribution in [1.82, 2.24) is 4.90 Å². The minimum absolute atomic E-state index is 0.0245. The summed E-state index contributed by atoms with van der Waals surface area (Å²) in [5, 5.41) is 3.14. The highest BCUT2D eigenvalue weighted by Crippen LogP contribution is 2.27. The van der Waals surface area contributed by atoms with E-state index in [4.69, 9.17) is 23.8 Å². The Morgan fingerprint density at radius 1 is 1.48 bits per heavy atom. The highest BCUT2D eigenvalue weighted by atomic mass is 35.5. The molecular formula is C14H15ClN2O2S2. The smallest absolute Gasteiger partial charge is 0.241 e. The first kappa shape index (κ1) is 16.3. The van der Waals surface area contributed by atoms with Crippen molar-refractivity contribution in [3.63, 3.8) is 0 Å². The lowest BCUT2D eigenvalue weighted by Gasteiger charge is -2.14. The average Bonchev–Trinajstić information content (AvgIpc) is 2.68. The molecule has 112 valence electrons. The van der Waals surface area contributed by atoms with Crippen molar-refractivity contribution < 1.29 is 9.59 Å². The normalized spacial score (nSPS) is 18.2. The Hall–Kier alpha value is -1.11. The van der Waals surface area contributed by atoms with Gasteiger partial charge in [0.1, 0.15) is 4.32 Å². The van der Waals surface area contributed by atoms with Crippen molar-refractivity contribution in [2.45, 2.75) is 25.0 Å². The molecular weight excluding hydrogens is 328 g/mol. The van der Waals surface area contributed by atoms with E-state index in [1.165, 1.54) is 11.8 Å². The van der Waals surface area contributed by atoms with Gasteiger partial charge in [0.2, 0.25) is 11.8 Å². The molecule has 7 heteroatoms. The van der Waals surface area contributed by atoms with Gasteiger partial charge in [-0.15, -0.1) is 0 Å². The Bertz CT molecular complexity index is 580. The number of hydrogen-bond acceptors (Lipinski definition) is 4. The molecule has 1 fully saturated rings. The van der Waals surface area contributed by atoms with Crippen molar-refractivity contribution in [3.8, 4) is 0 Å². The molecule has 21 heavy (non-hydrogen) atoms. The molecule has 0 bridgehead atoms. The minimum Gasteiger partial charge on any atom is -0.325 e. The number of thiocarbonyl (C=S) groups is 1.